The van der Waals surface area contributed by atoms with E-state index in [1.54, 1.807) is 12.3 Å². The molecule has 5 nitrogen and oxygen atoms in total. The van der Waals surface area contributed by atoms with E-state index < -0.39 is 0 Å². The molecule has 0 N–H and O–H groups in total. The second kappa shape index (κ2) is 7.81. The summed E-state index contributed by atoms with van der Waals surface area (Å²) in [5, 5.41) is 0. The predicted molar refractivity (Wildman–Crippen MR) is 99.6 cm³/mol. The van der Waals surface area contributed by atoms with E-state index in [9.17, 15) is 4.79 Å². The van der Waals surface area contributed by atoms with Gasteiger partial charge in [-0.25, -0.2) is 9.97 Å². The number of hydrogen-bond acceptors (Lipinski definition) is 4. The average molecular weight is 345 g/mol. The minimum Gasteiger partial charge on any atom is -0.336 e. The predicted octanol–water partition coefficient (Wildman–Crippen LogP) is 3.18. The topological polar surface area (TPSA) is 49.3 Å². The number of carbonyl (C=O) groups excluding carboxylic acids is 1. The van der Waals surface area contributed by atoms with Crippen LogP contribution in [-0.4, -0.2) is 57.9 Å². The minimum atomic E-state index is 0.0585. The zero-order valence-electron chi connectivity index (χ0n) is 16.1. The van der Waals surface area contributed by atoms with Crippen LogP contribution in [0, 0.1) is 11.8 Å². The van der Waals surface area contributed by atoms with Crippen LogP contribution in [0.25, 0.3) is 0 Å². The third kappa shape index (κ3) is 4.57. The largest absolute Gasteiger partial charge is 0.336 e. The molecule has 1 saturated carbocycles. The highest BCUT2D eigenvalue weighted by Crippen LogP contribution is 2.32. The first-order valence-corrected chi connectivity index (χ1v) is 9.82. The maximum absolute atomic E-state index is 13.1. The van der Waals surface area contributed by atoms with Crippen LogP contribution < -0.4 is 0 Å². The lowest BCUT2D eigenvalue weighted by Gasteiger charge is -2.34. The van der Waals surface area contributed by atoms with Crippen molar-refractivity contribution in [3.05, 3.63) is 23.8 Å². The molecule has 1 amide bonds. The summed E-state index contributed by atoms with van der Waals surface area (Å²) in [7, 11) is 0. The Morgan fingerprint density at radius 2 is 2.00 bits per heavy atom. The van der Waals surface area contributed by atoms with Crippen molar-refractivity contribution in [3.8, 4) is 0 Å². The molecule has 2 aliphatic rings. The molecule has 2 heterocycles. The first-order valence-electron chi connectivity index (χ1n) is 9.82. The van der Waals surface area contributed by atoms with Gasteiger partial charge in [-0.05, 0) is 37.2 Å². The van der Waals surface area contributed by atoms with E-state index in [1.165, 1.54) is 19.4 Å². The fraction of sp³-hybridized carbons (Fsp3) is 0.750. The average Bonchev–Trinajstić information content (AvgIpc) is 3.41. The zero-order valence-corrected chi connectivity index (χ0v) is 16.1. The summed E-state index contributed by atoms with van der Waals surface area (Å²) in [6, 6.07) is 2.20. The first kappa shape index (κ1) is 18.3. The van der Waals surface area contributed by atoms with Crippen LogP contribution in [-0.2, 0) is 0 Å². The maximum Gasteiger partial charge on any atom is 0.272 e. The second-order valence-electron chi connectivity index (χ2n) is 8.31. The lowest BCUT2D eigenvalue weighted by molar-refractivity contribution is 0.0698. The Labute approximate surface area is 151 Å². The maximum atomic E-state index is 13.1. The van der Waals surface area contributed by atoms with Crippen molar-refractivity contribution >= 4 is 5.91 Å². The normalized spacial score (nSPS) is 22.5. The number of hydrogen-bond donors (Lipinski definition) is 0. The molecule has 0 spiro atoms. The van der Waals surface area contributed by atoms with Gasteiger partial charge in [-0.15, -0.1) is 0 Å². The lowest BCUT2D eigenvalue weighted by Crippen LogP contribution is -2.46. The Hall–Kier alpha value is -1.49. The molecule has 0 aromatic carbocycles. The van der Waals surface area contributed by atoms with Gasteiger partial charge in [0.1, 0.15) is 11.5 Å². The highest BCUT2D eigenvalue weighted by molar-refractivity contribution is 5.92. The van der Waals surface area contributed by atoms with Crippen LogP contribution in [0.5, 0.6) is 0 Å². The van der Waals surface area contributed by atoms with E-state index in [1.807, 2.05) is 4.90 Å². The standard InChI is InChI=1S/C20H32N4O/c1-14(2)18-13-24(11-5-10-23(18)12-16-6-7-16)20(25)17-8-9-21-19(22-17)15(3)4/h8-9,14-16,18H,5-7,10-13H2,1-4H3. The smallest absolute Gasteiger partial charge is 0.272 e. The molecule has 1 aliphatic heterocycles. The molecule has 2 fully saturated rings. The summed E-state index contributed by atoms with van der Waals surface area (Å²) in [5.41, 5.74) is 0.539. The van der Waals surface area contributed by atoms with Crippen LogP contribution in [0.15, 0.2) is 12.3 Å². The Kier molecular flexibility index (Phi) is 5.72. The summed E-state index contributed by atoms with van der Waals surface area (Å²) in [6.07, 6.45) is 5.52. The summed E-state index contributed by atoms with van der Waals surface area (Å²) in [4.78, 5) is 26.5. The van der Waals surface area contributed by atoms with Crippen LogP contribution in [0.4, 0.5) is 0 Å². The van der Waals surface area contributed by atoms with E-state index >= 15 is 0 Å². The molecule has 1 atom stereocenters. The van der Waals surface area contributed by atoms with Gasteiger partial charge in [0, 0.05) is 44.3 Å². The fourth-order valence-corrected chi connectivity index (χ4v) is 3.67. The molecular weight excluding hydrogens is 312 g/mol. The van der Waals surface area contributed by atoms with E-state index in [4.69, 9.17) is 0 Å². The minimum absolute atomic E-state index is 0.0585. The molecule has 3 rings (SSSR count). The van der Waals surface area contributed by atoms with Crippen molar-refractivity contribution in [3.63, 3.8) is 0 Å². The van der Waals surface area contributed by atoms with Gasteiger partial charge in [-0.3, -0.25) is 9.69 Å². The SMILES string of the molecule is CC(C)c1nccc(C(=O)N2CCCN(CC3CC3)C(C(C)C)C2)n1. The Balaban J connectivity index is 1.74. The monoisotopic (exact) mass is 344 g/mol. The van der Waals surface area contributed by atoms with Gasteiger partial charge in [0.25, 0.3) is 5.91 Å². The van der Waals surface area contributed by atoms with Gasteiger partial charge >= 0.3 is 0 Å². The summed E-state index contributed by atoms with van der Waals surface area (Å²) in [5.74, 6) is 2.47. The van der Waals surface area contributed by atoms with Crippen LogP contribution >= 0.6 is 0 Å². The summed E-state index contributed by atoms with van der Waals surface area (Å²) < 4.78 is 0. The van der Waals surface area contributed by atoms with E-state index in [2.05, 4.69) is 42.6 Å². The third-order valence-corrected chi connectivity index (χ3v) is 5.41. The molecule has 1 aromatic rings. The van der Waals surface area contributed by atoms with E-state index in [0.29, 0.717) is 17.7 Å². The number of rotatable bonds is 5. The van der Waals surface area contributed by atoms with Gasteiger partial charge in [-0.1, -0.05) is 27.7 Å². The van der Waals surface area contributed by atoms with Crippen LogP contribution in [0.1, 0.15) is 69.2 Å². The van der Waals surface area contributed by atoms with E-state index in [-0.39, 0.29) is 11.8 Å². The van der Waals surface area contributed by atoms with Gasteiger partial charge in [0.05, 0.1) is 0 Å². The Morgan fingerprint density at radius 1 is 1.24 bits per heavy atom. The van der Waals surface area contributed by atoms with Crippen molar-refractivity contribution < 1.29 is 4.79 Å². The molecule has 1 aliphatic carbocycles. The molecule has 0 bridgehead atoms. The number of nitrogens with zero attached hydrogens (tertiary/aromatic N) is 4. The Morgan fingerprint density at radius 3 is 2.64 bits per heavy atom. The Bertz CT molecular complexity index is 597. The highest BCUT2D eigenvalue weighted by atomic mass is 16.2. The van der Waals surface area contributed by atoms with Crippen molar-refractivity contribution in [2.45, 2.75) is 58.9 Å². The molecule has 25 heavy (non-hydrogen) atoms. The molecule has 1 saturated heterocycles. The molecule has 0 radical (unpaired) electrons. The number of carbonyl (C=O) groups is 1. The van der Waals surface area contributed by atoms with Crippen molar-refractivity contribution in [2.24, 2.45) is 11.8 Å². The third-order valence-electron chi connectivity index (χ3n) is 5.41. The second-order valence-corrected chi connectivity index (χ2v) is 8.31. The van der Waals surface area contributed by atoms with Crippen molar-refractivity contribution in [1.29, 1.82) is 0 Å². The summed E-state index contributed by atoms with van der Waals surface area (Å²) >= 11 is 0. The molecule has 5 heteroatoms. The lowest BCUT2D eigenvalue weighted by atomic mass is 10.0. The molecule has 138 valence electrons. The highest BCUT2D eigenvalue weighted by Gasteiger charge is 2.33. The molecule has 1 aromatic heterocycles. The van der Waals surface area contributed by atoms with Gasteiger partial charge in [0.15, 0.2) is 0 Å². The van der Waals surface area contributed by atoms with E-state index in [0.717, 1.165) is 37.8 Å². The number of aromatic nitrogens is 2. The zero-order chi connectivity index (χ0) is 18.0. The number of amides is 1. The van der Waals surface area contributed by atoms with Crippen LogP contribution in [0.2, 0.25) is 0 Å². The van der Waals surface area contributed by atoms with Crippen molar-refractivity contribution in [1.82, 2.24) is 19.8 Å². The first-order chi connectivity index (χ1) is 12.0. The van der Waals surface area contributed by atoms with Crippen LogP contribution in [0.3, 0.4) is 0 Å². The van der Waals surface area contributed by atoms with Crippen molar-refractivity contribution in [2.75, 3.05) is 26.2 Å². The van der Waals surface area contributed by atoms with Gasteiger partial charge < -0.3 is 4.90 Å². The fourth-order valence-electron chi connectivity index (χ4n) is 3.67. The summed E-state index contributed by atoms with van der Waals surface area (Å²) in [6.45, 7) is 12.6. The molecule has 1 unspecified atom stereocenters. The van der Waals surface area contributed by atoms with Gasteiger partial charge in [-0.2, -0.15) is 0 Å². The molecular formula is C20H32N4O. The van der Waals surface area contributed by atoms with Gasteiger partial charge in [0.2, 0.25) is 0 Å². The quantitative estimate of drug-likeness (QED) is 0.823.